The molecule has 0 fully saturated rings. The number of hydrogen-bond acceptors (Lipinski definition) is 2. The van der Waals surface area contributed by atoms with Gasteiger partial charge in [-0.1, -0.05) is 60.7 Å². The van der Waals surface area contributed by atoms with Crippen LogP contribution in [-0.4, -0.2) is 5.71 Å². The molecule has 3 heteroatoms. The van der Waals surface area contributed by atoms with Crippen molar-refractivity contribution in [3.63, 3.8) is 0 Å². The fourth-order valence-corrected chi connectivity index (χ4v) is 2.10. The van der Waals surface area contributed by atoms with E-state index in [9.17, 15) is 0 Å². The van der Waals surface area contributed by atoms with Gasteiger partial charge in [-0.25, -0.2) is 0 Å². The SMILES string of the molecule is CCc1ccc(-c2ccccc2/C(C)=N/N=N)cc1. The van der Waals surface area contributed by atoms with Gasteiger partial charge < -0.3 is 0 Å². The van der Waals surface area contributed by atoms with Crippen molar-refractivity contribution >= 4 is 5.71 Å². The third-order valence-electron chi connectivity index (χ3n) is 3.19. The summed E-state index contributed by atoms with van der Waals surface area (Å²) in [4.78, 5) is 0. The molecule has 2 aromatic carbocycles. The smallest absolute Gasteiger partial charge is 0.0696 e. The Labute approximate surface area is 113 Å². The Kier molecular flexibility index (Phi) is 4.18. The molecule has 1 N–H and O–H groups in total. The van der Waals surface area contributed by atoms with Crippen molar-refractivity contribution in [1.82, 2.24) is 0 Å². The molecule has 3 nitrogen and oxygen atoms in total. The van der Waals surface area contributed by atoms with Crippen molar-refractivity contribution in [2.24, 2.45) is 10.3 Å². The molecule has 2 rings (SSSR count). The summed E-state index contributed by atoms with van der Waals surface area (Å²) in [5, 5.41) is 6.94. The Morgan fingerprint density at radius 1 is 1.05 bits per heavy atom. The monoisotopic (exact) mass is 251 g/mol. The van der Waals surface area contributed by atoms with Crippen molar-refractivity contribution in [1.29, 1.82) is 5.53 Å². The van der Waals surface area contributed by atoms with E-state index in [4.69, 9.17) is 5.53 Å². The fraction of sp³-hybridized carbons (Fsp3) is 0.188. The second-order valence-corrected chi connectivity index (χ2v) is 4.38. The number of aryl methyl sites for hydroxylation is 1. The summed E-state index contributed by atoms with van der Waals surface area (Å²) in [6.07, 6.45) is 1.04. The van der Waals surface area contributed by atoms with E-state index in [2.05, 4.69) is 47.6 Å². The molecule has 0 saturated carbocycles. The zero-order chi connectivity index (χ0) is 13.7. The number of benzene rings is 2. The molecule has 0 aliphatic carbocycles. The van der Waals surface area contributed by atoms with Gasteiger partial charge >= 0.3 is 0 Å². The van der Waals surface area contributed by atoms with Crippen molar-refractivity contribution in [3.8, 4) is 11.1 Å². The van der Waals surface area contributed by atoms with E-state index in [-0.39, 0.29) is 0 Å². The van der Waals surface area contributed by atoms with Crippen LogP contribution in [0.2, 0.25) is 0 Å². The quantitative estimate of drug-likeness (QED) is 0.466. The largest absolute Gasteiger partial charge is 0.185 e. The molecule has 0 saturated heterocycles. The van der Waals surface area contributed by atoms with Crippen molar-refractivity contribution in [2.75, 3.05) is 0 Å². The summed E-state index contributed by atoms with van der Waals surface area (Å²) in [7, 11) is 0. The van der Waals surface area contributed by atoms with Crippen LogP contribution in [0.4, 0.5) is 0 Å². The average Bonchev–Trinajstić information content (AvgIpc) is 2.47. The molecule has 0 aliphatic rings. The van der Waals surface area contributed by atoms with Crippen LogP contribution in [0.3, 0.4) is 0 Å². The lowest BCUT2D eigenvalue weighted by Crippen LogP contribution is -1.97. The Balaban J connectivity index is 2.49. The van der Waals surface area contributed by atoms with Gasteiger partial charge in [0.1, 0.15) is 0 Å². The molecule has 96 valence electrons. The van der Waals surface area contributed by atoms with Crippen LogP contribution in [-0.2, 0) is 6.42 Å². The lowest BCUT2D eigenvalue weighted by molar-refractivity contribution is 0.988. The summed E-state index contributed by atoms with van der Waals surface area (Å²) >= 11 is 0. The van der Waals surface area contributed by atoms with E-state index in [0.717, 1.165) is 28.8 Å². The molecule has 19 heavy (non-hydrogen) atoms. The first-order valence-electron chi connectivity index (χ1n) is 6.36. The minimum atomic E-state index is 0.755. The third kappa shape index (κ3) is 2.94. The standard InChI is InChI=1S/C16H17N3/c1-3-13-8-10-14(11-9-13)16-7-5-4-6-15(16)12(2)18-19-17/h4-11,17H,3H2,1-2H3/b18-12+,19-17?. The van der Waals surface area contributed by atoms with Crippen LogP contribution < -0.4 is 0 Å². The van der Waals surface area contributed by atoms with E-state index in [1.54, 1.807) is 0 Å². The van der Waals surface area contributed by atoms with E-state index >= 15 is 0 Å². The number of nitrogens with zero attached hydrogens (tertiary/aromatic N) is 2. The maximum Gasteiger partial charge on any atom is 0.0696 e. The molecule has 0 aromatic heterocycles. The van der Waals surface area contributed by atoms with E-state index in [0.29, 0.717) is 0 Å². The number of hydrogen-bond donors (Lipinski definition) is 1. The summed E-state index contributed by atoms with van der Waals surface area (Å²) in [5.41, 5.74) is 12.2. The molecule has 0 bridgehead atoms. The summed E-state index contributed by atoms with van der Waals surface area (Å²) < 4.78 is 0. The van der Waals surface area contributed by atoms with Gasteiger partial charge in [-0.05, 0) is 30.0 Å². The Morgan fingerprint density at radius 3 is 2.37 bits per heavy atom. The van der Waals surface area contributed by atoms with Crippen LogP contribution in [0.5, 0.6) is 0 Å². The molecule has 0 aliphatic heterocycles. The van der Waals surface area contributed by atoms with Gasteiger partial charge in [0.05, 0.1) is 5.71 Å². The van der Waals surface area contributed by atoms with Gasteiger partial charge in [0, 0.05) is 5.56 Å². The molecule has 0 amide bonds. The second-order valence-electron chi connectivity index (χ2n) is 4.38. The van der Waals surface area contributed by atoms with Crippen LogP contribution in [0.15, 0.2) is 58.9 Å². The minimum Gasteiger partial charge on any atom is -0.185 e. The van der Waals surface area contributed by atoms with Crippen molar-refractivity contribution in [2.45, 2.75) is 20.3 Å². The highest BCUT2D eigenvalue weighted by atomic mass is 15.3. The zero-order valence-electron chi connectivity index (χ0n) is 11.2. The lowest BCUT2D eigenvalue weighted by atomic mass is 9.96. The molecular formula is C16H17N3. The molecular weight excluding hydrogens is 234 g/mol. The maximum absolute atomic E-state index is 6.85. The van der Waals surface area contributed by atoms with Crippen molar-refractivity contribution < 1.29 is 0 Å². The van der Waals surface area contributed by atoms with Gasteiger partial charge in [-0.3, -0.25) is 0 Å². The highest BCUT2D eigenvalue weighted by Gasteiger charge is 2.07. The predicted molar refractivity (Wildman–Crippen MR) is 78.6 cm³/mol. The van der Waals surface area contributed by atoms with Crippen LogP contribution in [0.1, 0.15) is 25.0 Å². The van der Waals surface area contributed by atoms with Crippen molar-refractivity contribution in [3.05, 3.63) is 59.7 Å². The van der Waals surface area contributed by atoms with E-state index < -0.39 is 0 Å². The Morgan fingerprint density at radius 2 is 1.74 bits per heavy atom. The van der Waals surface area contributed by atoms with Gasteiger partial charge in [0.15, 0.2) is 0 Å². The maximum atomic E-state index is 6.85. The van der Waals surface area contributed by atoms with Gasteiger partial charge in [0.2, 0.25) is 0 Å². The molecule has 0 heterocycles. The predicted octanol–water partition coefficient (Wildman–Crippen LogP) is 4.67. The van der Waals surface area contributed by atoms with Crippen LogP contribution >= 0.6 is 0 Å². The highest BCUT2D eigenvalue weighted by Crippen LogP contribution is 2.24. The summed E-state index contributed by atoms with van der Waals surface area (Å²) in [5.74, 6) is 0. The normalized spacial score (nSPS) is 11.4. The molecule has 0 spiro atoms. The summed E-state index contributed by atoms with van der Waals surface area (Å²) in [6, 6.07) is 16.6. The Hall–Kier alpha value is -2.29. The average molecular weight is 251 g/mol. The van der Waals surface area contributed by atoms with E-state index in [1.807, 2.05) is 25.1 Å². The second kappa shape index (κ2) is 6.05. The van der Waals surface area contributed by atoms with Crippen LogP contribution in [0.25, 0.3) is 11.1 Å². The van der Waals surface area contributed by atoms with Gasteiger partial charge in [0.25, 0.3) is 0 Å². The molecule has 0 radical (unpaired) electrons. The first kappa shape index (κ1) is 13.1. The third-order valence-corrected chi connectivity index (χ3v) is 3.19. The molecule has 2 aromatic rings. The molecule has 0 atom stereocenters. The zero-order valence-corrected chi connectivity index (χ0v) is 11.2. The molecule has 0 unspecified atom stereocenters. The Bertz CT molecular complexity index is 598. The minimum absolute atomic E-state index is 0.755. The highest BCUT2D eigenvalue weighted by molar-refractivity contribution is 6.04. The van der Waals surface area contributed by atoms with Crippen LogP contribution in [0, 0.1) is 5.53 Å². The topological polar surface area (TPSA) is 48.6 Å². The summed E-state index contributed by atoms with van der Waals surface area (Å²) in [6.45, 7) is 4.02. The first-order valence-corrected chi connectivity index (χ1v) is 6.36. The van der Waals surface area contributed by atoms with E-state index in [1.165, 1.54) is 5.56 Å². The van der Waals surface area contributed by atoms with Gasteiger partial charge in [-0.15, -0.1) is 5.10 Å². The number of nitrogens with one attached hydrogen (secondary N) is 1. The van der Waals surface area contributed by atoms with Gasteiger partial charge in [-0.2, -0.15) is 5.53 Å². The fourth-order valence-electron chi connectivity index (χ4n) is 2.10. The number of rotatable bonds is 4. The first-order chi connectivity index (χ1) is 9.26. The lowest BCUT2D eigenvalue weighted by Gasteiger charge is -2.09.